The molecule has 0 bridgehead atoms. The topological polar surface area (TPSA) is 72.5 Å². The number of aryl methyl sites for hydroxylation is 1. The summed E-state index contributed by atoms with van der Waals surface area (Å²) in [6.07, 6.45) is 3.82. The molecule has 3 aliphatic rings. The van der Waals surface area contributed by atoms with Gasteiger partial charge >= 0.3 is 5.97 Å². The smallest absolute Gasteiger partial charge is 0.312 e. The summed E-state index contributed by atoms with van der Waals surface area (Å²) in [7, 11) is 0. The van der Waals surface area contributed by atoms with Crippen LogP contribution in [0.15, 0.2) is 30.6 Å². The van der Waals surface area contributed by atoms with Gasteiger partial charge in [-0.1, -0.05) is 24.3 Å². The van der Waals surface area contributed by atoms with Crippen LogP contribution in [0.4, 0.5) is 0 Å². The maximum atomic E-state index is 12.3. The maximum Gasteiger partial charge on any atom is 0.312 e. The largest absolute Gasteiger partial charge is 0.481 e. The third kappa shape index (κ3) is 2.70. The van der Waals surface area contributed by atoms with E-state index in [9.17, 15) is 9.90 Å². The maximum absolute atomic E-state index is 12.3. The van der Waals surface area contributed by atoms with E-state index in [4.69, 9.17) is 0 Å². The van der Waals surface area contributed by atoms with Crippen molar-refractivity contribution in [3.05, 3.63) is 53.1 Å². The monoisotopic (exact) mass is 366 g/mol. The number of carboxylic acids is 1. The average Bonchev–Trinajstić information content (AvgIpc) is 3.37. The van der Waals surface area contributed by atoms with Gasteiger partial charge in [0.2, 0.25) is 0 Å². The van der Waals surface area contributed by atoms with Gasteiger partial charge in [0.15, 0.2) is 0 Å². The standard InChI is InChI=1S/C21H26N4O2/c1-14-19(23-13-22-14)10-24-8-17-9-25(12-21(17,11-24)20(26)27)18-6-15-4-2-3-5-16(15)7-18/h2-5,13,17-18H,6-12H2,1H3,(H,22,23)(H,26,27)/t17-,21-/m0/s1. The number of nitrogens with zero attached hydrogens (tertiary/aromatic N) is 3. The first-order valence-corrected chi connectivity index (χ1v) is 9.80. The van der Waals surface area contributed by atoms with Crippen molar-refractivity contribution in [2.45, 2.75) is 32.4 Å². The normalized spacial score (nSPS) is 28.6. The highest BCUT2D eigenvalue weighted by Gasteiger charge is 2.58. The molecule has 2 N–H and O–H groups in total. The van der Waals surface area contributed by atoms with Crippen LogP contribution in [0.1, 0.15) is 22.5 Å². The van der Waals surface area contributed by atoms with Crippen LogP contribution in [0, 0.1) is 18.3 Å². The molecule has 1 aliphatic carbocycles. The molecule has 6 nitrogen and oxygen atoms in total. The number of aromatic nitrogens is 2. The quantitative estimate of drug-likeness (QED) is 0.862. The predicted molar refractivity (Wildman–Crippen MR) is 101 cm³/mol. The molecule has 3 heterocycles. The number of fused-ring (bicyclic) bond motifs is 2. The third-order valence-electron chi connectivity index (χ3n) is 6.99. The van der Waals surface area contributed by atoms with Crippen LogP contribution in [0.3, 0.4) is 0 Å². The lowest BCUT2D eigenvalue weighted by atomic mass is 9.81. The van der Waals surface area contributed by atoms with Crippen molar-refractivity contribution in [1.82, 2.24) is 19.8 Å². The van der Waals surface area contributed by atoms with Crippen molar-refractivity contribution >= 4 is 5.97 Å². The lowest BCUT2D eigenvalue weighted by Crippen LogP contribution is -2.43. The Kier molecular flexibility index (Phi) is 3.88. The Labute approximate surface area is 159 Å². The number of hydrogen-bond acceptors (Lipinski definition) is 4. The van der Waals surface area contributed by atoms with Crippen LogP contribution < -0.4 is 0 Å². The molecule has 2 aliphatic heterocycles. The van der Waals surface area contributed by atoms with E-state index in [2.05, 4.69) is 44.0 Å². The molecule has 2 fully saturated rings. The lowest BCUT2D eigenvalue weighted by molar-refractivity contribution is -0.149. The van der Waals surface area contributed by atoms with Gasteiger partial charge in [-0.15, -0.1) is 0 Å². The Morgan fingerprint density at radius 3 is 2.59 bits per heavy atom. The number of aliphatic carboxylic acids is 1. The number of H-pyrrole nitrogens is 1. The van der Waals surface area contributed by atoms with Crippen LogP contribution in [0.25, 0.3) is 0 Å². The molecule has 5 rings (SSSR count). The van der Waals surface area contributed by atoms with Gasteiger partial charge in [0.05, 0.1) is 17.4 Å². The van der Waals surface area contributed by atoms with Gasteiger partial charge in [0.25, 0.3) is 0 Å². The number of nitrogens with one attached hydrogen (secondary N) is 1. The average molecular weight is 366 g/mol. The molecular formula is C21H26N4O2. The minimum absolute atomic E-state index is 0.193. The van der Waals surface area contributed by atoms with E-state index < -0.39 is 11.4 Å². The van der Waals surface area contributed by atoms with Gasteiger partial charge in [-0.25, -0.2) is 4.98 Å². The fourth-order valence-corrected chi connectivity index (χ4v) is 5.46. The summed E-state index contributed by atoms with van der Waals surface area (Å²) < 4.78 is 0. The summed E-state index contributed by atoms with van der Waals surface area (Å²) in [6.45, 7) is 5.77. The first-order chi connectivity index (χ1) is 13.0. The lowest BCUT2D eigenvalue weighted by Gasteiger charge is -2.28. The van der Waals surface area contributed by atoms with Gasteiger partial charge in [-0.3, -0.25) is 14.6 Å². The second kappa shape index (κ2) is 6.17. The Hall–Kier alpha value is -2.18. The summed E-state index contributed by atoms with van der Waals surface area (Å²) in [5, 5.41) is 10.1. The van der Waals surface area contributed by atoms with Gasteiger partial charge in [-0.05, 0) is 30.9 Å². The van der Waals surface area contributed by atoms with E-state index in [-0.39, 0.29) is 5.92 Å². The van der Waals surface area contributed by atoms with Gasteiger partial charge in [0, 0.05) is 50.4 Å². The minimum Gasteiger partial charge on any atom is -0.481 e. The molecule has 1 aromatic heterocycles. The van der Waals surface area contributed by atoms with Crippen molar-refractivity contribution < 1.29 is 9.90 Å². The first kappa shape index (κ1) is 17.0. The van der Waals surface area contributed by atoms with Crippen molar-refractivity contribution in [2.24, 2.45) is 11.3 Å². The van der Waals surface area contributed by atoms with Crippen molar-refractivity contribution in [2.75, 3.05) is 26.2 Å². The van der Waals surface area contributed by atoms with E-state index in [1.54, 1.807) is 6.33 Å². The van der Waals surface area contributed by atoms with E-state index in [0.29, 0.717) is 19.1 Å². The molecule has 0 saturated carbocycles. The SMILES string of the molecule is Cc1[nH]cnc1CN1C[C@H]2CN(C3Cc4ccccc4C3)C[C@@]2(C(=O)O)C1. The molecule has 0 amide bonds. The summed E-state index contributed by atoms with van der Waals surface area (Å²) in [4.78, 5) is 24.6. The van der Waals surface area contributed by atoms with Gasteiger partial charge in [-0.2, -0.15) is 0 Å². The highest BCUT2D eigenvalue weighted by atomic mass is 16.4. The van der Waals surface area contributed by atoms with Crippen molar-refractivity contribution in [3.63, 3.8) is 0 Å². The van der Waals surface area contributed by atoms with E-state index in [1.807, 2.05) is 6.92 Å². The number of imidazole rings is 1. The molecule has 1 aromatic carbocycles. The number of likely N-dealkylation sites (tertiary alicyclic amines) is 2. The first-order valence-electron chi connectivity index (χ1n) is 9.80. The Morgan fingerprint density at radius 1 is 1.26 bits per heavy atom. The second-order valence-electron chi connectivity index (χ2n) is 8.56. The molecule has 0 radical (unpaired) electrons. The van der Waals surface area contributed by atoms with Gasteiger partial charge < -0.3 is 10.1 Å². The van der Waals surface area contributed by atoms with E-state index >= 15 is 0 Å². The number of benzene rings is 1. The zero-order valence-corrected chi connectivity index (χ0v) is 15.7. The molecule has 2 saturated heterocycles. The second-order valence-corrected chi connectivity index (χ2v) is 8.56. The number of carbonyl (C=O) groups is 1. The van der Waals surface area contributed by atoms with Crippen molar-refractivity contribution in [3.8, 4) is 0 Å². The minimum atomic E-state index is -0.640. The highest BCUT2D eigenvalue weighted by molar-refractivity contribution is 5.77. The Balaban J connectivity index is 1.31. The van der Waals surface area contributed by atoms with Crippen LogP contribution in [0.5, 0.6) is 0 Å². The number of carboxylic acid groups (broad SMARTS) is 1. The predicted octanol–water partition coefficient (Wildman–Crippen LogP) is 1.70. The number of aromatic amines is 1. The zero-order valence-electron chi connectivity index (χ0n) is 15.7. The fraction of sp³-hybridized carbons (Fsp3) is 0.524. The van der Waals surface area contributed by atoms with E-state index in [0.717, 1.165) is 43.9 Å². The summed E-state index contributed by atoms with van der Waals surface area (Å²) in [5.41, 5.74) is 4.32. The molecule has 27 heavy (non-hydrogen) atoms. The van der Waals surface area contributed by atoms with Gasteiger partial charge in [0.1, 0.15) is 0 Å². The highest BCUT2D eigenvalue weighted by Crippen LogP contribution is 2.45. The van der Waals surface area contributed by atoms with Crippen LogP contribution in [0.2, 0.25) is 0 Å². The van der Waals surface area contributed by atoms with Crippen LogP contribution in [-0.4, -0.2) is 63.1 Å². The fourth-order valence-electron chi connectivity index (χ4n) is 5.46. The summed E-state index contributed by atoms with van der Waals surface area (Å²) in [6, 6.07) is 9.09. The summed E-state index contributed by atoms with van der Waals surface area (Å²) in [5.74, 6) is -0.440. The Bertz CT molecular complexity index is 854. The molecule has 0 unspecified atom stereocenters. The molecule has 2 atom stereocenters. The molecular weight excluding hydrogens is 340 g/mol. The Morgan fingerprint density at radius 2 is 2.00 bits per heavy atom. The molecule has 2 aromatic rings. The summed E-state index contributed by atoms with van der Waals surface area (Å²) >= 11 is 0. The van der Waals surface area contributed by atoms with Crippen LogP contribution in [-0.2, 0) is 24.2 Å². The molecule has 142 valence electrons. The zero-order chi connectivity index (χ0) is 18.6. The van der Waals surface area contributed by atoms with E-state index in [1.165, 1.54) is 11.1 Å². The molecule has 0 spiro atoms. The third-order valence-corrected chi connectivity index (χ3v) is 6.99. The number of rotatable bonds is 4. The number of hydrogen-bond donors (Lipinski definition) is 2. The van der Waals surface area contributed by atoms with Crippen molar-refractivity contribution in [1.29, 1.82) is 0 Å². The van der Waals surface area contributed by atoms with Crippen LogP contribution >= 0.6 is 0 Å². The molecule has 6 heteroatoms.